The quantitative estimate of drug-likeness (QED) is 0.441. The van der Waals surface area contributed by atoms with Crippen molar-refractivity contribution in [2.75, 3.05) is 10.0 Å². The Labute approximate surface area is 187 Å². The number of nitrogens with zero attached hydrogens (tertiary/aromatic N) is 1. The molecule has 0 atom stereocenters. The fraction of sp³-hybridized carbons (Fsp3) is 0.120. The third kappa shape index (κ3) is 4.63. The molecule has 162 valence electrons. The number of hydrogen-bond donors (Lipinski definition) is 2. The molecule has 0 aliphatic rings. The number of aryl methyl sites for hydroxylation is 3. The molecule has 0 radical (unpaired) electrons. The largest absolute Gasteiger partial charge is 0.322 e. The van der Waals surface area contributed by atoms with Gasteiger partial charge in [-0.2, -0.15) is 0 Å². The van der Waals surface area contributed by atoms with Crippen LogP contribution in [0.25, 0.3) is 10.9 Å². The molecule has 0 aliphatic heterocycles. The van der Waals surface area contributed by atoms with Crippen molar-refractivity contribution in [3.05, 3.63) is 95.2 Å². The van der Waals surface area contributed by atoms with Gasteiger partial charge >= 0.3 is 0 Å². The van der Waals surface area contributed by atoms with Crippen LogP contribution < -0.4 is 10.0 Å². The Balaban J connectivity index is 1.50. The lowest BCUT2D eigenvalue weighted by molar-refractivity contribution is 0.102. The fourth-order valence-electron chi connectivity index (χ4n) is 3.37. The molecular formula is C25H23N3O3S. The average molecular weight is 446 g/mol. The number of aromatic nitrogens is 1. The molecule has 1 amide bonds. The van der Waals surface area contributed by atoms with Crippen LogP contribution in [0.1, 0.15) is 27.2 Å². The standard InChI is InChI=1S/C25H23N3O3S/c1-16-4-11-22(12-5-16)32(30,31)28-21-9-7-20(8-10-21)27-25(29)23-15-19-14-17(2)6-13-24(19)26-18(23)3/h4-15,28H,1-3H3,(H,27,29). The van der Waals surface area contributed by atoms with Crippen LogP contribution >= 0.6 is 0 Å². The van der Waals surface area contributed by atoms with E-state index < -0.39 is 10.0 Å². The molecule has 32 heavy (non-hydrogen) atoms. The molecule has 0 fully saturated rings. The highest BCUT2D eigenvalue weighted by Gasteiger charge is 2.15. The van der Waals surface area contributed by atoms with Gasteiger partial charge in [0.1, 0.15) is 0 Å². The number of nitrogens with one attached hydrogen (secondary N) is 2. The normalized spacial score (nSPS) is 11.3. The van der Waals surface area contributed by atoms with E-state index in [0.717, 1.165) is 22.0 Å². The third-order valence-corrected chi connectivity index (χ3v) is 6.53. The second-order valence-corrected chi connectivity index (χ2v) is 9.45. The maximum atomic E-state index is 12.8. The molecule has 0 saturated heterocycles. The lowest BCUT2D eigenvalue weighted by Crippen LogP contribution is -2.15. The molecule has 0 bridgehead atoms. The molecule has 4 rings (SSSR count). The number of fused-ring (bicyclic) bond motifs is 1. The summed E-state index contributed by atoms with van der Waals surface area (Å²) in [6, 6.07) is 20.9. The lowest BCUT2D eigenvalue weighted by Gasteiger charge is -2.11. The topological polar surface area (TPSA) is 88.2 Å². The zero-order valence-corrected chi connectivity index (χ0v) is 18.8. The van der Waals surface area contributed by atoms with E-state index in [1.165, 1.54) is 0 Å². The summed E-state index contributed by atoms with van der Waals surface area (Å²) in [6.45, 7) is 5.69. The number of pyridine rings is 1. The maximum Gasteiger partial charge on any atom is 0.261 e. The van der Waals surface area contributed by atoms with Gasteiger partial charge in [-0.1, -0.05) is 29.3 Å². The Hall–Kier alpha value is -3.71. The van der Waals surface area contributed by atoms with E-state index >= 15 is 0 Å². The van der Waals surface area contributed by atoms with Crippen molar-refractivity contribution in [1.29, 1.82) is 0 Å². The first kappa shape index (κ1) is 21.5. The second-order valence-electron chi connectivity index (χ2n) is 7.77. The number of anilines is 2. The summed E-state index contributed by atoms with van der Waals surface area (Å²) >= 11 is 0. The fourth-order valence-corrected chi connectivity index (χ4v) is 4.43. The average Bonchev–Trinajstić information content (AvgIpc) is 2.75. The van der Waals surface area contributed by atoms with E-state index in [9.17, 15) is 13.2 Å². The summed E-state index contributed by atoms with van der Waals surface area (Å²) in [5.41, 5.74) is 5.01. The number of amides is 1. The number of sulfonamides is 1. The minimum absolute atomic E-state index is 0.190. The summed E-state index contributed by atoms with van der Waals surface area (Å²) in [5, 5.41) is 3.75. The summed E-state index contributed by atoms with van der Waals surface area (Å²) in [7, 11) is -3.68. The van der Waals surface area contributed by atoms with Crippen LogP contribution in [0.4, 0.5) is 11.4 Å². The molecule has 6 nitrogen and oxygen atoms in total. The smallest absolute Gasteiger partial charge is 0.261 e. The Morgan fingerprint density at radius 2 is 1.41 bits per heavy atom. The monoisotopic (exact) mass is 445 g/mol. The number of carbonyl (C=O) groups is 1. The summed E-state index contributed by atoms with van der Waals surface area (Å²) in [6.07, 6.45) is 0. The van der Waals surface area contributed by atoms with Gasteiger partial charge in [-0.05, 0) is 75.4 Å². The van der Waals surface area contributed by atoms with E-state index in [2.05, 4.69) is 15.0 Å². The van der Waals surface area contributed by atoms with E-state index in [1.807, 2.05) is 38.1 Å². The summed E-state index contributed by atoms with van der Waals surface area (Å²) in [4.78, 5) is 17.5. The van der Waals surface area contributed by atoms with Crippen LogP contribution in [0.15, 0.2) is 77.7 Å². The third-order valence-electron chi connectivity index (χ3n) is 5.13. The van der Waals surface area contributed by atoms with Crippen molar-refractivity contribution in [3.63, 3.8) is 0 Å². The Kier molecular flexibility index (Phi) is 5.67. The molecule has 0 saturated carbocycles. The van der Waals surface area contributed by atoms with Crippen molar-refractivity contribution in [2.24, 2.45) is 0 Å². The first-order valence-electron chi connectivity index (χ1n) is 10.1. The molecule has 0 unspecified atom stereocenters. The van der Waals surface area contributed by atoms with Crippen molar-refractivity contribution in [2.45, 2.75) is 25.7 Å². The van der Waals surface area contributed by atoms with Crippen molar-refractivity contribution in [3.8, 4) is 0 Å². The molecule has 4 aromatic rings. The van der Waals surface area contributed by atoms with Crippen LogP contribution in [0.3, 0.4) is 0 Å². The first-order chi connectivity index (χ1) is 15.2. The van der Waals surface area contributed by atoms with Crippen LogP contribution in [-0.4, -0.2) is 19.3 Å². The maximum absolute atomic E-state index is 12.8. The van der Waals surface area contributed by atoms with Crippen LogP contribution in [0, 0.1) is 20.8 Å². The zero-order chi connectivity index (χ0) is 22.9. The lowest BCUT2D eigenvalue weighted by atomic mass is 10.1. The molecule has 1 aromatic heterocycles. The SMILES string of the molecule is Cc1ccc(S(=O)(=O)Nc2ccc(NC(=O)c3cc4cc(C)ccc4nc3C)cc2)cc1. The van der Waals surface area contributed by atoms with Crippen molar-refractivity contribution < 1.29 is 13.2 Å². The van der Waals surface area contributed by atoms with Crippen molar-refractivity contribution in [1.82, 2.24) is 4.98 Å². The number of rotatable bonds is 5. The molecule has 7 heteroatoms. The summed E-state index contributed by atoms with van der Waals surface area (Å²) in [5.74, 6) is -0.272. The van der Waals surface area contributed by atoms with Gasteiger partial charge in [0.05, 0.1) is 21.7 Å². The number of carbonyl (C=O) groups excluding carboxylic acids is 1. The van der Waals surface area contributed by atoms with Gasteiger partial charge in [0.25, 0.3) is 15.9 Å². The van der Waals surface area contributed by atoms with Gasteiger partial charge in [0.2, 0.25) is 0 Å². The van der Waals surface area contributed by atoms with Gasteiger partial charge < -0.3 is 5.32 Å². The van der Waals surface area contributed by atoms with E-state index in [0.29, 0.717) is 22.6 Å². The van der Waals surface area contributed by atoms with E-state index in [1.54, 1.807) is 55.5 Å². The highest BCUT2D eigenvalue weighted by molar-refractivity contribution is 7.92. The van der Waals surface area contributed by atoms with Crippen molar-refractivity contribution >= 4 is 38.2 Å². The Morgan fingerprint density at radius 3 is 2.09 bits per heavy atom. The van der Waals surface area contributed by atoms with Gasteiger partial charge in [-0.15, -0.1) is 0 Å². The van der Waals surface area contributed by atoms with Gasteiger partial charge in [-0.25, -0.2) is 8.42 Å². The number of benzene rings is 3. The molecule has 0 spiro atoms. The molecule has 0 aliphatic carbocycles. The minimum Gasteiger partial charge on any atom is -0.322 e. The van der Waals surface area contributed by atoms with Gasteiger partial charge in [-0.3, -0.25) is 14.5 Å². The zero-order valence-electron chi connectivity index (χ0n) is 18.0. The molecule has 1 heterocycles. The highest BCUT2D eigenvalue weighted by Crippen LogP contribution is 2.21. The predicted molar refractivity (Wildman–Crippen MR) is 128 cm³/mol. The number of hydrogen-bond acceptors (Lipinski definition) is 4. The predicted octanol–water partition coefficient (Wildman–Crippen LogP) is 5.21. The van der Waals surface area contributed by atoms with E-state index in [-0.39, 0.29) is 10.8 Å². The van der Waals surface area contributed by atoms with Crippen LogP contribution in [-0.2, 0) is 10.0 Å². The Morgan fingerprint density at radius 1 is 0.781 bits per heavy atom. The first-order valence-corrected chi connectivity index (χ1v) is 11.6. The molecular weight excluding hydrogens is 422 g/mol. The minimum atomic E-state index is -3.68. The van der Waals surface area contributed by atoms with E-state index in [4.69, 9.17) is 0 Å². The summed E-state index contributed by atoms with van der Waals surface area (Å²) < 4.78 is 27.6. The molecule has 3 aromatic carbocycles. The Bertz CT molecular complexity index is 1410. The van der Waals surface area contributed by atoms with Crippen LogP contribution in [0.5, 0.6) is 0 Å². The highest BCUT2D eigenvalue weighted by atomic mass is 32.2. The molecule has 2 N–H and O–H groups in total. The second kappa shape index (κ2) is 8.43. The van der Waals surface area contributed by atoms with Gasteiger partial charge in [0.15, 0.2) is 0 Å². The van der Waals surface area contributed by atoms with Crippen LogP contribution in [0.2, 0.25) is 0 Å². The van der Waals surface area contributed by atoms with Gasteiger partial charge in [0, 0.05) is 16.8 Å².